The zero-order valence-electron chi connectivity index (χ0n) is 14.5. The lowest BCUT2D eigenvalue weighted by atomic mass is 10.1. The van der Waals surface area contributed by atoms with Crippen molar-refractivity contribution in [3.05, 3.63) is 53.3 Å². The molecule has 0 unspecified atom stereocenters. The first kappa shape index (κ1) is 18.4. The van der Waals surface area contributed by atoms with Gasteiger partial charge >= 0.3 is 0 Å². The Labute approximate surface area is 146 Å². The van der Waals surface area contributed by atoms with Gasteiger partial charge in [-0.25, -0.2) is 4.39 Å². The maximum absolute atomic E-state index is 13.7. The van der Waals surface area contributed by atoms with E-state index in [-0.39, 0.29) is 24.0 Å². The van der Waals surface area contributed by atoms with E-state index >= 15 is 0 Å². The maximum atomic E-state index is 13.7. The van der Waals surface area contributed by atoms with Gasteiger partial charge in [-0.1, -0.05) is 12.1 Å². The quantitative estimate of drug-likeness (QED) is 0.840. The van der Waals surface area contributed by atoms with Crippen molar-refractivity contribution in [2.45, 2.75) is 26.7 Å². The van der Waals surface area contributed by atoms with E-state index in [1.807, 2.05) is 6.92 Å². The molecule has 0 heterocycles. The summed E-state index contributed by atoms with van der Waals surface area (Å²) >= 11 is 0. The molecule has 5 nitrogen and oxygen atoms in total. The van der Waals surface area contributed by atoms with Gasteiger partial charge in [0.2, 0.25) is 11.8 Å². The number of amides is 2. The molecule has 0 radical (unpaired) electrons. The van der Waals surface area contributed by atoms with Crippen LogP contribution in [0.5, 0.6) is 5.75 Å². The number of hydrogen-bond donors (Lipinski definition) is 2. The van der Waals surface area contributed by atoms with Gasteiger partial charge in [0, 0.05) is 24.7 Å². The number of rotatable bonds is 6. The van der Waals surface area contributed by atoms with Crippen molar-refractivity contribution in [3.63, 3.8) is 0 Å². The van der Waals surface area contributed by atoms with Gasteiger partial charge in [0.15, 0.2) is 11.6 Å². The van der Waals surface area contributed by atoms with Gasteiger partial charge in [-0.05, 0) is 48.7 Å². The molecule has 0 saturated heterocycles. The van der Waals surface area contributed by atoms with Crippen LogP contribution in [0.25, 0.3) is 0 Å². The summed E-state index contributed by atoms with van der Waals surface area (Å²) < 4.78 is 18.5. The Balaban J connectivity index is 1.98. The molecular formula is C19H21FN2O3. The fraction of sp³-hybridized carbons (Fsp3) is 0.263. The molecule has 2 aromatic rings. The molecule has 0 bridgehead atoms. The zero-order chi connectivity index (χ0) is 18.4. The van der Waals surface area contributed by atoms with E-state index in [9.17, 15) is 14.0 Å². The summed E-state index contributed by atoms with van der Waals surface area (Å²) in [5, 5.41) is 5.54. The van der Waals surface area contributed by atoms with E-state index < -0.39 is 5.82 Å². The minimum absolute atomic E-state index is 0.173. The lowest BCUT2D eigenvalue weighted by molar-refractivity contribution is -0.116. The Morgan fingerprint density at radius 2 is 1.80 bits per heavy atom. The number of anilines is 2. The molecule has 2 N–H and O–H groups in total. The summed E-state index contributed by atoms with van der Waals surface area (Å²) in [6.07, 6.45) is 0.632. The lowest BCUT2D eigenvalue weighted by Crippen LogP contribution is -2.14. The van der Waals surface area contributed by atoms with Gasteiger partial charge in [0.25, 0.3) is 0 Å². The predicted octanol–water partition coefficient (Wildman–Crippen LogP) is 3.67. The van der Waals surface area contributed by atoms with Crippen LogP contribution in [0, 0.1) is 12.7 Å². The van der Waals surface area contributed by atoms with E-state index in [1.54, 1.807) is 30.3 Å². The number of carbonyl (C=O) groups is 2. The average molecular weight is 344 g/mol. The van der Waals surface area contributed by atoms with Crippen molar-refractivity contribution in [3.8, 4) is 5.75 Å². The topological polar surface area (TPSA) is 67.4 Å². The maximum Gasteiger partial charge on any atom is 0.224 e. The van der Waals surface area contributed by atoms with Crippen LogP contribution in [0.4, 0.5) is 15.8 Å². The first-order chi connectivity index (χ1) is 11.9. The van der Waals surface area contributed by atoms with Crippen LogP contribution < -0.4 is 15.4 Å². The normalized spacial score (nSPS) is 10.2. The highest BCUT2D eigenvalue weighted by atomic mass is 19.1. The molecular weight excluding hydrogens is 323 g/mol. The van der Waals surface area contributed by atoms with Crippen LogP contribution in [-0.4, -0.2) is 18.9 Å². The molecule has 0 atom stereocenters. The highest BCUT2D eigenvalue weighted by molar-refractivity contribution is 5.95. The van der Waals surface area contributed by atoms with Crippen LogP contribution in [0.3, 0.4) is 0 Å². The summed E-state index contributed by atoms with van der Waals surface area (Å²) in [5.41, 5.74) is 2.79. The smallest absolute Gasteiger partial charge is 0.224 e. The minimum atomic E-state index is -0.445. The standard InChI is InChI=1S/C19H21FN2O3/c1-12-16(21-13(2)23)5-4-6-17(12)22-19(24)10-8-14-7-9-18(25-3)15(20)11-14/h4-7,9,11H,8,10H2,1-3H3,(H,21,23)(H,22,24). The molecule has 0 aromatic heterocycles. The Kier molecular flexibility index (Phi) is 6.11. The Morgan fingerprint density at radius 1 is 1.12 bits per heavy atom. The summed E-state index contributed by atoms with van der Waals surface area (Å²) in [6, 6.07) is 9.95. The average Bonchev–Trinajstić information content (AvgIpc) is 2.56. The number of nitrogens with one attached hydrogen (secondary N) is 2. The van der Waals surface area contributed by atoms with Crippen molar-refractivity contribution >= 4 is 23.2 Å². The zero-order valence-corrected chi connectivity index (χ0v) is 14.5. The van der Waals surface area contributed by atoms with Crippen molar-refractivity contribution < 1.29 is 18.7 Å². The molecule has 0 spiro atoms. The van der Waals surface area contributed by atoms with E-state index in [0.29, 0.717) is 17.8 Å². The molecule has 2 rings (SSSR count). The number of halogens is 1. The van der Waals surface area contributed by atoms with Crippen LogP contribution in [0.2, 0.25) is 0 Å². The third-order valence-electron chi connectivity index (χ3n) is 3.78. The van der Waals surface area contributed by atoms with Gasteiger partial charge in [-0.3, -0.25) is 9.59 Å². The van der Waals surface area contributed by atoms with Gasteiger partial charge in [-0.2, -0.15) is 0 Å². The summed E-state index contributed by atoms with van der Waals surface area (Å²) in [4.78, 5) is 23.4. The Hall–Kier alpha value is -2.89. The molecule has 25 heavy (non-hydrogen) atoms. The van der Waals surface area contributed by atoms with Crippen molar-refractivity contribution in [1.29, 1.82) is 0 Å². The van der Waals surface area contributed by atoms with Crippen molar-refractivity contribution in [2.24, 2.45) is 0 Å². The molecule has 0 fully saturated rings. The second kappa shape index (κ2) is 8.28. The Morgan fingerprint density at radius 3 is 2.40 bits per heavy atom. The monoisotopic (exact) mass is 344 g/mol. The van der Waals surface area contributed by atoms with E-state index in [4.69, 9.17) is 4.74 Å². The van der Waals surface area contributed by atoms with Gasteiger partial charge in [0.1, 0.15) is 0 Å². The molecule has 132 valence electrons. The van der Waals surface area contributed by atoms with Crippen LogP contribution >= 0.6 is 0 Å². The van der Waals surface area contributed by atoms with Crippen LogP contribution in [0.1, 0.15) is 24.5 Å². The number of aryl methyl sites for hydroxylation is 1. The SMILES string of the molecule is COc1ccc(CCC(=O)Nc2cccc(NC(C)=O)c2C)cc1F. The summed E-state index contributed by atoms with van der Waals surface area (Å²) in [5.74, 6) is -0.620. The number of carbonyl (C=O) groups excluding carboxylic acids is 2. The number of hydrogen-bond acceptors (Lipinski definition) is 3. The molecule has 0 saturated carbocycles. The molecule has 0 aliphatic rings. The largest absolute Gasteiger partial charge is 0.494 e. The predicted molar refractivity (Wildman–Crippen MR) is 95.4 cm³/mol. The van der Waals surface area contributed by atoms with E-state index in [1.165, 1.54) is 20.1 Å². The van der Waals surface area contributed by atoms with Gasteiger partial charge in [-0.15, -0.1) is 0 Å². The first-order valence-electron chi connectivity index (χ1n) is 7.90. The van der Waals surface area contributed by atoms with Crippen LogP contribution in [0.15, 0.2) is 36.4 Å². The first-order valence-corrected chi connectivity index (χ1v) is 7.90. The van der Waals surface area contributed by atoms with Crippen molar-refractivity contribution in [1.82, 2.24) is 0 Å². The number of ether oxygens (including phenoxy) is 1. The van der Waals surface area contributed by atoms with Crippen molar-refractivity contribution in [2.75, 3.05) is 17.7 Å². The molecule has 2 amide bonds. The second-order valence-electron chi connectivity index (χ2n) is 5.68. The van der Waals surface area contributed by atoms with Gasteiger partial charge in [0.05, 0.1) is 7.11 Å². The van der Waals surface area contributed by atoms with E-state index in [2.05, 4.69) is 10.6 Å². The Bertz CT molecular complexity index is 790. The molecule has 6 heteroatoms. The molecule has 0 aliphatic heterocycles. The molecule has 2 aromatic carbocycles. The second-order valence-corrected chi connectivity index (χ2v) is 5.68. The third kappa shape index (κ3) is 5.04. The molecule has 0 aliphatic carbocycles. The van der Waals surface area contributed by atoms with E-state index in [0.717, 1.165) is 11.1 Å². The fourth-order valence-corrected chi connectivity index (χ4v) is 2.43. The number of benzene rings is 2. The minimum Gasteiger partial charge on any atom is -0.494 e. The third-order valence-corrected chi connectivity index (χ3v) is 3.78. The van der Waals surface area contributed by atoms with Crippen LogP contribution in [-0.2, 0) is 16.0 Å². The highest BCUT2D eigenvalue weighted by Crippen LogP contribution is 2.24. The fourth-order valence-electron chi connectivity index (χ4n) is 2.43. The number of methoxy groups -OCH3 is 1. The summed E-state index contributed by atoms with van der Waals surface area (Å²) in [6.45, 7) is 3.25. The summed E-state index contributed by atoms with van der Waals surface area (Å²) in [7, 11) is 1.41. The van der Waals surface area contributed by atoms with Gasteiger partial charge < -0.3 is 15.4 Å². The highest BCUT2D eigenvalue weighted by Gasteiger charge is 2.10. The lowest BCUT2D eigenvalue weighted by Gasteiger charge is -2.13.